The molecular formula is C21H24N6. The average Bonchev–Trinajstić information content (AvgIpc) is 3.35. The summed E-state index contributed by atoms with van der Waals surface area (Å²) in [5.41, 5.74) is 3.79. The van der Waals surface area contributed by atoms with E-state index in [0.717, 1.165) is 40.7 Å². The van der Waals surface area contributed by atoms with E-state index >= 15 is 0 Å². The second-order valence-corrected chi connectivity index (χ2v) is 6.30. The van der Waals surface area contributed by atoms with Crippen molar-refractivity contribution in [3.05, 3.63) is 59.4 Å². The van der Waals surface area contributed by atoms with Crippen LogP contribution < -0.4 is 0 Å². The van der Waals surface area contributed by atoms with Crippen LogP contribution in [-0.2, 0) is 6.42 Å². The molecule has 0 radical (unpaired) electrons. The van der Waals surface area contributed by atoms with E-state index in [0.29, 0.717) is 0 Å². The summed E-state index contributed by atoms with van der Waals surface area (Å²) in [7, 11) is 0. The molecule has 1 aromatic carbocycles. The highest BCUT2D eigenvalue weighted by Gasteiger charge is 2.11. The lowest BCUT2D eigenvalue weighted by atomic mass is 10.1. The molecule has 27 heavy (non-hydrogen) atoms. The molecule has 2 heterocycles. The molecule has 3 aromatic rings. The Morgan fingerprint density at radius 3 is 2.26 bits per heavy atom. The van der Waals surface area contributed by atoms with Gasteiger partial charge in [-0.15, -0.1) is 0 Å². The summed E-state index contributed by atoms with van der Waals surface area (Å²) in [6.45, 7) is 7.71. The van der Waals surface area contributed by atoms with E-state index in [-0.39, 0.29) is 11.8 Å². The van der Waals surface area contributed by atoms with Gasteiger partial charge in [0.2, 0.25) is 0 Å². The highest BCUT2D eigenvalue weighted by atomic mass is 14.9. The van der Waals surface area contributed by atoms with Crippen molar-refractivity contribution >= 4 is 0 Å². The van der Waals surface area contributed by atoms with Crippen LogP contribution in [0, 0.1) is 29.6 Å². The van der Waals surface area contributed by atoms with Gasteiger partial charge >= 0.3 is 0 Å². The van der Waals surface area contributed by atoms with Crippen LogP contribution in [0.5, 0.6) is 0 Å². The molecule has 138 valence electrons. The van der Waals surface area contributed by atoms with E-state index in [1.54, 1.807) is 6.20 Å². The molecule has 0 aliphatic heterocycles. The molecule has 0 aliphatic rings. The number of H-pyrrole nitrogens is 2. The van der Waals surface area contributed by atoms with Crippen molar-refractivity contribution in [2.45, 2.75) is 46.0 Å². The summed E-state index contributed by atoms with van der Waals surface area (Å²) in [6, 6.07) is 14.2. The minimum Gasteiger partial charge on any atom is -0.346 e. The number of benzene rings is 1. The number of nitrogens with zero attached hydrogens (tertiary/aromatic N) is 4. The van der Waals surface area contributed by atoms with Gasteiger partial charge in [-0.25, -0.2) is 9.97 Å². The number of rotatable bonds is 4. The first-order chi connectivity index (χ1) is 13.0. The van der Waals surface area contributed by atoms with Gasteiger partial charge in [0.15, 0.2) is 0 Å². The lowest BCUT2D eigenvalue weighted by Gasteiger charge is -1.97. The number of aryl methyl sites for hydroxylation is 2. The van der Waals surface area contributed by atoms with Gasteiger partial charge in [-0.05, 0) is 20.8 Å². The smallest absolute Gasteiger partial charge is 0.137 e. The third kappa shape index (κ3) is 5.05. The van der Waals surface area contributed by atoms with E-state index in [9.17, 15) is 0 Å². The first-order valence-electron chi connectivity index (χ1n) is 8.95. The molecule has 0 saturated carbocycles. The minimum atomic E-state index is -0.144. The number of aromatic amines is 2. The Morgan fingerprint density at radius 1 is 1.04 bits per heavy atom. The van der Waals surface area contributed by atoms with E-state index in [1.807, 2.05) is 58.0 Å². The number of aromatic nitrogens is 4. The molecule has 0 spiro atoms. The predicted molar refractivity (Wildman–Crippen MR) is 105 cm³/mol. The number of hydrogen-bond donors (Lipinski definition) is 2. The number of imidazole rings is 2. The van der Waals surface area contributed by atoms with Crippen LogP contribution in [0.4, 0.5) is 0 Å². The predicted octanol–water partition coefficient (Wildman–Crippen LogP) is 4.61. The average molecular weight is 360 g/mol. The molecule has 3 rings (SSSR count). The fourth-order valence-corrected chi connectivity index (χ4v) is 2.56. The number of nitrogens with one attached hydrogen (secondary N) is 2. The molecule has 0 aliphatic carbocycles. The maximum absolute atomic E-state index is 8.77. The van der Waals surface area contributed by atoms with E-state index in [4.69, 9.17) is 10.5 Å². The Bertz CT molecular complexity index is 939. The molecule has 0 fully saturated rings. The van der Waals surface area contributed by atoms with Crippen molar-refractivity contribution in [2.75, 3.05) is 0 Å². The standard InChI is InChI=1S/C12H11N3.C9H13N3/c1-9(7-13)11-8-14-12(15-11)10-5-3-2-4-6-10;1-4-8-11-7(3)9(12-8)6(2)5-10/h2-6,8-9H,1H3,(H,14,15);6H,4H2,1-3H3,(H,11,12). The Labute approximate surface area is 159 Å². The third-order valence-electron chi connectivity index (χ3n) is 4.21. The molecule has 6 nitrogen and oxygen atoms in total. The zero-order chi connectivity index (χ0) is 19.8. The first kappa shape index (κ1) is 19.9. The van der Waals surface area contributed by atoms with Gasteiger partial charge in [-0.1, -0.05) is 37.3 Å². The van der Waals surface area contributed by atoms with Crippen LogP contribution in [0.2, 0.25) is 0 Å². The monoisotopic (exact) mass is 360 g/mol. The summed E-state index contributed by atoms with van der Waals surface area (Å²) in [5.74, 6) is 1.52. The fourth-order valence-electron chi connectivity index (χ4n) is 2.56. The molecule has 2 unspecified atom stereocenters. The van der Waals surface area contributed by atoms with Crippen molar-refractivity contribution in [1.82, 2.24) is 19.9 Å². The summed E-state index contributed by atoms with van der Waals surface area (Å²) in [5, 5.41) is 17.5. The van der Waals surface area contributed by atoms with Crippen LogP contribution in [0.1, 0.15) is 55.5 Å². The van der Waals surface area contributed by atoms with E-state index in [1.165, 1.54) is 0 Å². The molecule has 0 amide bonds. The molecular weight excluding hydrogens is 336 g/mol. The van der Waals surface area contributed by atoms with Crippen LogP contribution in [0.15, 0.2) is 36.5 Å². The number of hydrogen-bond acceptors (Lipinski definition) is 4. The van der Waals surface area contributed by atoms with Crippen molar-refractivity contribution in [3.63, 3.8) is 0 Å². The van der Waals surface area contributed by atoms with E-state index in [2.05, 4.69) is 32.1 Å². The molecule has 6 heteroatoms. The van der Waals surface area contributed by atoms with E-state index < -0.39 is 0 Å². The molecule has 0 saturated heterocycles. The Hall–Kier alpha value is -3.38. The minimum absolute atomic E-state index is 0.110. The van der Waals surface area contributed by atoms with Crippen molar-refractivity contribution in [1.29, 1.82) is 10.5 Å². The molecule has 0 bridgehead atoms. The number of nitriles is 2. The molecule has 2 atom stereocenters. The lowest BCUT2D eigenvalue weighted by molar-refractivity contribution is 0.903. The lowest BCUT2D eigenvalue weighted by Crippen LogP contribution is -1.92. The Balaban J connectivity index is 0.000000199. The van der Waals surface area contributed by atoms with Gasteiger partial charge in [-0.3, -0.25) is 0 Å². The SMILES string of the molecule is CC(C#N)c1cnc(-c2ccccc2)[nH]1.CCc1nc(C(C)C#N)c(C)[nH]1. The first-order valence-corrected chi connectivity index (χ1v) is 8.95. The van der Waals surface area contributed by atoms with Gasteiger partial charge in [0.25, 0.3) is 0 Å². The largest absolute Gasteiger partial charge is 0.346 e. The zero-order valence-electron chi connectivity index (χ0n) is 16.1. The molecule has 2 aromatic heterocycles. The highest BCUT2D eigenvalue weighted by molar-refractivity contribution is 5.54. The summed E-state index contributed by atoms with van der Waals surface area (Å²) in [4.78, 5) is 14.9. The summed E-state index contributed by atoms with van der Waals surface area (Å²) >= 11 is 0. The molecule has 2 N–H and O–H groups in total. The van der Waals surface area contributed by atoms with Gasteiger partial charge in [0.1, 0.15) is 11.6 Å². The normalized spacial score (nSPS) is 12.2. The van der Waals surface area contributed by atoms with Crippen LogP contribution in [0.25, 0.3) is 11.4 Å². The van der Waals surface area contributed by atoms with Crippen LogP contribution in [0.3, 0.4) is 0 Å². The third-order valence-corrected chi connectivity index (χ3v) is 4.21. The maximum Gasteiger partial charge on any atom is 0.137 e. The van der Waals surface area contributed by atoms with Crippen molar-refractivity contribution in [2.24, 2.45) is 0 Å². The summed E-state index contributed by atoms with van der Waals surface area (Å²) < 4.78 is 0. The van der Waals surface area contributed by atoms with Gasteiger partial charge in [0.05, 0.1) is 35.4 Å². The topological polar surface area (TPSA) is 105 Å². The zero-order valence-corrected chi connectivity index (χ0v) is 16.1. The quantitative estimate of drug-likeness (QED) is 0.708. The van der Waals surface area contributed by atoms with Crippen molar-refractivity contribution in [3.8, 4) is 23.5 Å². The van der Waals surface area contributed by atoms with Gasteiger partial charge in [0, 0.05) is 23.9 Å². The van der Waals surface area contributed by atoms with Gasteiger partial charge in [-0.2, -0.15) is 10.5 Å². The van der Waals surface area contributed by atoms with Crippen LogP contribution in [-0.4, -0.2) is 19.9 Å². The second kappa shape index (κ2) is 9.35. The van der Waals surface area contributed by atoms with Crippen molar-refractivity contribution < 1.29 is 0 Å². The summed E-state index contributed by atoms with van der Waals surface area (Å²) in [6.07, 6.45) is 2.61. The van der Waals surface area contributed by atoms with Gasteiger partial charge < -0.3 is 9.97 Å². The maximum atomic E-state index is 8.77. The Morgan fingerprint density at radius 2 is 1.70 bits per heavy atom. The highest BCUT2D eigenvalue weighted by Crippen LogP contribution is 2.18. The van der Waals surface area contributed by atoms with Crippen LogP contribution >= 0.6 is 0 Å². The Kier molecular flexibility index (Phi) is 6.91. The second-order valence-electron chi connectivity index (χ2n) is 6.30. The fraction of sp³-hybridized carbons (Fsp3) is 0.333.